The molecule has 0 aliphatic heterocycles. The van der Waals surface area contributed by atoms with Crippen molar-refractivity contribution in [2.24, 2.45) is 0 Å². The molecule has 2 aromatic rings. The van der Waals surface area contributed by atoms with Crippen LogP contribution in [0.15, 0.2) is 24.3 Å². The van der Waals surface area contributed by atoms with Crippen LogP contribution in [0.2, 0.25) is 0 Å². The maximum atomic E-state index is 2.46. The maximum Gasteiger partial charge on any atom is 0.00957 e. The van der Waals surface area contributed by atoms with Crippen LogP contribution in [-0.2, 0) is 32.5 Å². The number of hydrogen-bond acceptors (Lipinski definition) is 0. The van der Waals surface area contributed by atoms with Gasteiger partial charge in [0.15, 0.2) is 0 Å². The van der Waals surface area contributed by atoms with Crippen molar-refractivity contribution >= 4 is 0 Å². The van der Waals surface area contributed by atoms with Gasteiger partial charge in [0.2, 0.25) is 0 Å². The number of hydrogen-bond donors (Lipinski definition) is 0. The number of rotatable bonds is 3. The quantitative estimate of drug-likeness (QED) is 0.369. The Hall–Kier alpha value is -1.56. The van der Waals surface area contributed by atoms with Crippen molar-refractivity contribution in [1.82, 2.24) is 0 Å². The van der Waals surface area contributed by atoms with Crippen molar-refractivity contribution in [1.29, 1.82) is 0 Å². The van der Waals surface area contributed by atoms with Crippen molar-refractivity contribution in [2.45, 2.75) is 176 Å². The summed E-state index contributed by atoms with van der Waals surface area (Å²) in [5.41, 5.74) is 12.7. The van der Waals surface area contributed by atoms with E-state index in [0.717, 1.165) is 6.42 Å². The second-order valence-electron chi connectivity index (χ2n) is 18.3. The lowest BCUT2D eigenvalue weighted by molar-refractivity contribution is 0.449. The SMILES string of the molecule is CCC(c1ccccc1C(C)(C)C)c1c(C(C)(C)C)c(C(C)(C)C)c(C(C)(C)C)c(C(C)(C)C)c1C(C)(C)C. The van der Waals surface area contributed by atoms with Crippen LogP contribution >= 0.6 is 0 Å². The Morgan fingerprint density at radius 1 is 0.436 bits per heavy atom. The first-order valence-electron chi connectivity index (χ1n) is 15.5. The third-order valence-electron chi connectivity index (χ3n) is 8.19. The van der Waals surface area contributed by atoms with Crippen LogP contribution in [0.4, 0.5) is 0 Å². The van der Waals surface area contributed by atoms with Gasteiger partial charge >= 0.3 is 0 Å². The van der Waals surface area contributed by atoms with Crippen LogP contribution in [0.25, 0.3) is 0 Å². The standard InChI is InChI=1S/C39H64/c1-20-25(26-23-21-22-24-27(26)34(2,3)4)28-29(35(5,6)7)31(37(11,12)13)33(39(17,18)19)32(38(14,15)16)30(28)36(8,9)10/h21-25H,20H2,1-19H3. The molecule has 1 unspecified atom stereocenters. The van der Waals surface area contributed by atoms with Crippen LogP contribution < -0.4 is 0 Å². The van der Waals surface area contributed by atoms with Gasteiger partial charge in [-0.25, -0.2) is 0 Å². The van der Waals surface area contributed by atoms with E-state index < -0.39 is 0 Å². The van der Waals surface area contributed by atoms with Gasteiger partial charge in [0, 0.05) is 5.92 Å². The van der Waals surface area contributed by atoms with Crippen molar-refractivity contribution in [2.75, 3.05) is 0 Å². The van der Waals surface area contributed by atoms with Gasteiger partial charge in [0.1, 0.15) is 0 Å². The summed E-state index contributed by atoms with van der Waals surface area (Å²) in [5.74, 6) is 0.333. The molecular formula is C39H64. The van der Waals surface area contributed by atoms with Gasteiger partial charge < -0.3 is 0 Å². The van der Waals surface area contributed by atoms with Gasteiger partial charge in [0.25, 0.3) is 0 Å². The third-order valence-corrected chi connectivity index (χ3v) is 8.19. The van der Waals surface area contributed by atoms with Crippen molar-refractivity contribution in [3.8, 4) is 0 Å². The molecule has 0 aliphatic carbocycles. The number of benzene rings is 2. The second-order valence-corrected chi connectivity index (χ2v) is 18.3. The van der Waals surface area contributed by atoms with Crippen molar-refractivity contribution < 1.29 is 0 Å². The summed E-state index contributed by atoms with van der Waals surface area (Å²) in [5, 5.41) is 0. The minimum atomic E-state index is -0.00153. The summed E-state index contributed by atoms with van der Waals surface area (Å²) in [6.45, 7) is 46.3. The topological polar surface area (TPSA) is 0 Å². The predicted octanol–water partition coefficient (Wildman–Crippen LogP) is 12.0. The van der Waals surface area contributed by atoms with E-state index in [9.17, 15) is 0 Å². The van der Waals surface area contributed by atoms with Gasteiger partial charge in [-0.2, -0.15) is 0 Å². The Labute approximate surface area is 244 Å². The van der Waals surface area contributed by atoms with Crippen LogP contribution in [0.1, 0.15) is 188 Å². The van der Waals surface area contributed by atoms with E-state index >= 15 is 0 Å². The molecule has 0 nitrogen and oxygen atoms in total. The van der Waals surface area contributed by atoms with Crippen LogP contribution in [0.3, 0.4) is 0 Å². The highest BCUT2D eigenvalue weighted by Gasteiger charge is 2.44. The van der Waals surface area contributed by atoms with Gasteiger partial charge in [-0.05, 0) is 83.4 Å². The molecule has 0 saturated heterocycles. The molecule has 0 bridgehead atoms. The zero-order valence-electron chi connectivity index (χ0n) is 29.6. The fourth-order valence-corrected chi connectivity index (χ4v) is 6.99. The summed E-state index contributed by atoms with van der Waals surface area (Å²) in [6.07, 6.45) is 1.08. The molecule has 0 aromatic heterocycles. The molecule has 39 heavy (non-hydrogen) atoms. The zero-order chi connectivity index (χ0) is 30.7. The summed E-state index contributed by atoms with van der Waals surface area (Å²) >= 11 is 0. The summed E-state index contributed by atoms with van der Waals surface area (Å²) in [6, 6.07) is 9.30. The van der Waals surface area contributed by atoms with Crippen LogP contribution in [0, 0.1) is 0 Å². The molecule has 2 rings (SSSR count). The minimum absolute atomic E-state index is 0.00153. The highest BCUT2D eigenvalue weighted by Crippen LogP contribution is 2.54. The largest absolute Gasteiger partial charge is 0.0645 e. The first-order valence-corrected chi connectivity index (χ1v) is 15.5. The summed E-state index contributed by atoms with van der Waals surface area (Å²) in [4.78, 5) is 0. The molecule has 0 aliphatic rings. The lowest BCUT2D eigenvalue weighted by Gasteiger charge is -2.47. The molecule has 0 fully saturated rings. The minimum Gasteiger partial charge on any atom is -0.0645 e. The Morgan fingerprint density at radius 3 is 1.03 bits per heavy atom. The molecular weight excluding hydrogens is 468 g/mol. The van der Waals surface area contributed by atoms with Crippen molar-refractivity contribution in [3.05, 3.63) is 68.8 Å². The Balaban J connectivity index is 3.56. The molecule has 0 radical (unpaired) electrons. The normalized spacial score (nSPS) is 15.1. The fraction of sp³-hybridized carbons (Fsp3) is 0.692. The Bertz CT molecular complexity index is 1110. The Morgan fingerprint density at radius 2 is 0.744 bits per heavy atom. The first kappa shape index (κ1) is 33.6. The third kappa shape index (κ3) is 6.85. The van der Waals surface area contributed by atoms with Gasteiger partial charge in [-0.15, -0.1) is 0 Å². The molecule has 0 heteroatoms. The summed E-state index contributed by atoms with van der Waals surface area (Å²) < 4.78 is 0. The smallest absolute Gasteiger partial charge is 0.00957 e. The maximum absolute atomic E-state index is 2.46. The van der Waals surface area contributed by atoms with Gasteiger partial charge in [-0.3, -0.25) is 0 Å². The lowest BCUT2D eigenvalue weighted by Crippen LogP contribution is -2.38. The molecule has 220 valence electrons. The van der Waals surface area contributed by atoms with E-state index in [-0.39, 0.29) is 32.5 Å². The van der Waals surface area contributed by atoms with Crippen molar-refractivity contribution in [3.63, 3.8) is 0 Å². The molecule has 0 spiro atoms. The average Bonchev–Trinajstić information content (AvgIpc) is 2.68. The van der Waals surface area contributed by atoms with E-state index in [4.69, 9.17) is 0 Å². The van der Waals surface area contributed by atoms with E-state index in [1.165, 1.54) is 11.1 Å². The molecule has 1 atom stereocenters. The molecule has 0 saturated carbocycles. The predicted molar refractivity (Wildman–Crippen MR) is 177 cm³/mol. The monoisotopic (exact) mass is 533 g/mol. The fourth-order valence-electron chi connectivity index (χ4n) is 6.99. The molecule has 2 aromatic carbocycles. The lowest BCUT2D eigenvalue weighted by atomic mass is 9.57. The second kappa shape index (κ2) is 10.4. The Kier molecular flexibility index (Phi) is 8.94. The molecule has 0 amide bonds. The average molecular weight is 533 g/mol. The zero-order valence-corrected chi connectivity index (χ0v) is 29.6. The summed E-state index contributed by atoms with van der Waals surface area (Å²) in [7, 11) is 0. The van der Waals surface area contributed by atoms with E-state index in [2.05, 4.69) is 156 Å². The first-order chi connectivity index (χ1) is 17.2. The molecule has 0 N–H and O–H groups in total. The molecule has 0 heterocycles. The highest BCUT2D eigenvalue weighted by molar-refractivity contribution is 5.65. The van der Waals surface area contributed by atoms with E-state index in [1.54, 1.807) is 33.4 Å². The van der Waals surface area contributed by atoms with E-state index in [1.807, 2.05) is 0 Å². The van der Waals surface area contributed by atoms with Crippen LogP contribution in [-0.4, -0.2) is 0 Å². The van der Waals surface area contributed by atoms with Gasteiger partial charge in [0.05, 0.1) is 0 Å². The highest BCUT2D eigenvalue weighted by atomic mass is 14.5. The van der Waals surface area contributed by atoms with Gasteiger partial charge in [-0.1, -0.05) is 156 Å². The van der Waals surface area contributed by atoms with Crippen LogP contribution in [0.5, 0.6) is 0 Å². The van der Waals surface area contributed by atoms with E-state index in [0.29, 0.717) is 5.92 Å².